The van der Waals surface area contributed by atoms with Crippen LogP contribution in [0.1, 0.15) is 19.8 Å². The third kappa shape index (κ3) is 4.61. The van der Waals surface area contributed by atoms with Gasteiger partial charge in [0.2, 0.25) is 5.91 Å². The molecule has 3 N–H and O–H groups in total. The average Bonchev–Trinajstić information content (AvgIpc) is 2.53. The summed E-state index contributed by atoms with van der Waals surface area (Å²) in [4.78, 5) is 22.1. The van der Waals surface area contributed by atoms with Crippen LogP contribution in [0.15, 0.2) is 0 Å². The lowest BCUT2D eigenvalue weighted by molar-refractivity contribution is -0.142. The zero-order chi connectivity index (χ0) is 14.0. The molecule has 0 saturated carbocycles. The summed E-state index contributed by atoms with van der Waals surface area (Å²) in [5, 5.41) is 20.6. The number of aliphatic hydroxyl groups is 1. The van der Waals surface area contributed by atoms with Crippen molar-refractivity contribution in [1.29, 1.82) is 0 Å². The van der Waals surface area contributed by atoms with Gasteiger partial charge < -0.3 is 15.5 Å². The van der Waals surface area contributed by atoms with E-state index in [1.54, 1.807) is 0 Å². The van der Waals surface area contributed by atoms with Gasteiger partial charge in [0.1, 0.15) is 0 Å². The summed E-state index contributed by atoms with van der Waals surface area (Å²) < 4.78 is 22.4. The van der Waals surface area contributed by atoms with Gasteiger partial charge in [0.05, 0.1) is 29.4 Å². The van der Waals surface area contributed by atoms with E-state index in [1.807, 2.05) is 0 Å². The van der Waals surface area contributed by atoms with E-state index in [9.17, 15) is 23.1 Å². The molecule has 1 heterocycles. The molecular weight excluding hydrogens is 262 g/mol. The summed E-state index contributed by atoms with van der Waals surface area (Å²) in [6.45, 7) is 1.08. The number of amides is 1. The first-order valence-electron chi connectivity index (χ1n) is 5.54. The Kier molecular flexibility index (Phi) is 4.33. The summed E-state index contributed by atoms with van der Waals surface area (Å²) in [5.41, 5.74) is -1.54. The lowest BCUT2D eigenvalue weighted by Crippen LogP contribution is -2.44. The Morgan fingerprint density at radius 3 is 2.50 bits per heavy atom. The molecule has 18 heavy (non-hydrogen) atoms. The molecule has 1 aliphatic rings. The molecule has 104 valence electrons. The van der Waals surface area contributed by atoms with Crippen molar-refractivity contribution in [3.63, 3.8) is 0 Å². The zero-order valence-electron chi connectivity index (χ0n) is 10.0. The van der Waals surface area contributed by atoms with E-state index in [1.165, 1.54) is 6.92 Å². The van der Waals surface area contributed by atoms with E-state index in [0.29, 0.717) is 0 Å². The number of sulfone groups is 1. The van der Waals surface area contributed by atoms with Gasteiger partial charge in [-0.3, -0.25) is 9.59 Å². The van der Waals surface area contributed by atoms with Crippen molar-refractivity contribution in [2.24, 2.45) is 5.92 Å². The molecule has 7 nitrogen and oxygen atoms in total. The van der Waals surface area contributed by atoms with Crippen LogP contribution in [0, 0.1) is 5.92 Å². The minimum Gasteiger partial charge on any atom is -0.481 e. The predicted octanol–water partition coefficient (Wildman–Crippen LogP) is -1.24. The number of carbonyl (C=O) groups is 2. The van der Waals surface area contributed by atoms with E-state index in [-0.39, 0.29) is 24.5 Å². The van der Waals surface area contributed by atoms with Crippen molar-refractivity contribution < 1.29 is 28.2 Å². The van der Waals surface area contributed by atoms with Gasteiger partial charge in [0.15, 0.2) is 9.84 Å². The van der Waals surface area contributed by atoms with Gasteiger partial charge in [0, 0.05) is 6.54 Å². The normalized spacial score (nSPS) is 25.3. The molecule has 1 fully saturated rings. The van der Waals surface area contributed by atoms with Crippen molar-refractivity contribution in [3.8, 4) is 0 Å². The van der Waals surface area contributed by atoms with Crippen LogP contribution in [0.5, 0.6) is 0 Å². The van der Waals surface area contributed by atoms with E-state index in [0.717, 1.165) is 0 Å². The van der Waals surface area contributed by atoms with E-state index >= 15 is 0 Å². The lowest BCUT2D eigenvalue weighted by Gasteiger charge is -2.22. The SMILES string of the molecule is CC(O)(CNC(=O)C1CCS(=O)(=O)C1)CC(=O)O. The molecule has 0 bridgehead atoms. The minimum atomic E-state index is -3.13. The molecule has 2 atom stereocenters. The van der Waals surface area contributed by atoms with Crippen molar-refractivity contribution in [2.45, 2.75) is 25.4 Å². The van der Waals surface area contributed by atoms with E-state index in [2.05, 4.69) is 5.32 Å². The van der Waals surface area contributed by atoms with Crippen molar-refractivity contribution in [2.75, 3.05) is 18.1 Å². The third-order valence-corrected chi connectivity index (χ3v) is 4.55. The molecular formula is C10H17NO6S. The van der Waals surface area contributed by atoms with Crippen LogP contribution in [0.4, 0.5) is 0 Å². The number of nitrogens with one attached hydrogen (secondary N) is 1. The van der Waals surface area contributed by atoms with Crippen LogP contribution in [0.3, 0.4) is 0 Å². The predicted molar refractivity (Wildman–Crippen MR) is 62.6 cm³/mol. The van der Waals surface area contributed by atoms with Crippen LogP contribution < -0.4 is 5.32 Å². The van der Waals surface area contributed by atoms with Gasteiger partial charge >= 0.3 is 5.97 Å². The molecule has 0 aromatic rings. The van der Waals surface area contributed by atoms with Crippen LogP contribution >= 0.6 is 0 Å². The molecule has 2 unspecified atom stereocenters. The van der Waals surface area contributed by atoms with Crippen LogP contribution in [0.2, 0.25) is 0 Å². The Morgan fingerprint density at radius 2 is 2.06 bits per heavy atom. The van der Waals surface area contributed by atoms with Crippen molar-refractivity contribution in [1.82, 2.24) is 5.32 Å². The van der Waals surface area contributed by atoms with E-state index < -0.39 is 39.7 Å². The first kappa shape index (κ1) is 14.9. The maximum atomic E-state index is 11.6. The van der Waals surface area contributed by atoms with Crippen LogP contribution in [0.25, 0.3) is 0 Å². The Hall–Kier alpha value is -1.15. The Labute approximate surface area is 105 Å². The summed E-state index contributed by atoms with van der Waals surface area (Å²) in [6.07, 6.45) is -0.217. The largest absolute Gasteiger partial charge is 0.481 e. The summed E-state index contributed by atoms with van der Waals surface area (Å²) in [7, 11) is -3.13. The van der Waals surface area contributed by atoms with Crippen molar-refractivity contribution >= 4 is 21.7 Å². The Morgan fingerprint density at radius 1 is 1.44 bits per heavy atom. The fraction of sp³-hybridized carbons (Fsp3) is 0.800. The first-order valence-corrected chi connectivity index (χ1v) is 7.36. The molecule has 0 radical (unpaired) electrons. The number of rotatable bonds is 5. The van der Waals surface area contributed by atoms with E-state index in [4.69, 9.17) is 5.11 Å². The number of hydrogen-bond donors (Lipinski definition) is 3. The maximum Gasteiger partial charge on any atom is 0.306 e. The minimum absolute atomic E-state index is 0.00337. The fourth-order valence-electron chi connectivity index (χ4n) is 1.81. The highest BCUT2D eigenvalue weighted by molar-refractivity contribution is 7.91. The van der Waals surface area contributed by atoms with Crippen molar-refractivity contribution in [3.05, 3.63) is 0 Å². The second-order valence-corrected chi connectivity index (χ2v) is 7.11. The molecule has 8 heteroatoms. The molecule has 1 rings (SSSR count). The third-order valence-electron chi connectivity index (χ3n) is 2.78. The average molecular weight is 279 g/mol. The van der Waals surface area contributed by atoms with Crippen LogP contribution in [-0.4, -0.2) is 54.2 Å². The fourth-order valence-corrected chi connectivity index (χ4v) is 3.55. The second kappa shape index (κ2) is 5.23. The first-order chi connectivity index (χ1) is 8.11. The van der Waals surface area contributed by atoms with Gasteiger partial charge in [0.25, 0.3) is 0 Å². The molecule has 1 aliphatic heterocycles. The highest BCUT2D eigenvalue weighted by Crippen LogP contribution is 2.18. The number of carbonyl (C=O) groups excluding carboxylic acids is 1. The Balaban J connectivity index is 2.45. The lowest BCUT2D eigenvalue weighted by atomic mass is 10.0. The second-order valence-electron chi connectivity index (χ2n) is 4.89. The van der Waals surface area contributed by atoms with Gasteiger partial charge in [-0.1, -0.05) is 0 Å². The number of carboxylic acid groups (broad SMARTS) is 1. The number of hydrogen-bond acceptors (Lipinski definition) is 5. The van der Waals surface area contributed by atoms with Gasteiger partial charge in [-0.2, -0.15) is 0 Å². The summed E-state index contributed by atoms with van der Waals surface area (Å²) in [6, 6.07) is 0. The van der Waals surface area contributed by atoms with Gasteiger partial charge in [-0.15, -0.1) is 0 Å². The molecule has 1 saturated heterocycles. The molecule has 0 aromatic carbocycles. The Bertz CT molecular complexity index is 441. The molecule has 0 aliphatic carbocycles. The molecule has 0 spiro atoms. The topological polar surface area (TPSA) is 121 Å². The summed E-state index contributed by atoms with van der Waals surface area (Å²) in [5.74, 6) is -2.41. The quantitative estimate of drug-likeness (QED) is 0.579. The number of carboxylic acids is 1. The zero-order valence-corrected chi connectivity index (χ0v) is 10.9. The summed E-state index contributed by atoms with van der Waals surface area (Å²) >= 11 is 0. The standard InChI is InChI=1S/C10H17NO6S/c1-10(15,4-8(12)13)6-11-9(14)7-2-3-18(16,17)5-7/h7,15H,2-6H2,1H3,(H,11,14)(H,12,13). The van der Waals surface area contributed by atoms with Gasteiger partial charge in [-0.05, 0) is 13.3 Å². The maximum absolute atomic E-state index is 11.6. The monoisotopic (exact) mass is 279 g/mol. The van der Waals surface area contributed by atoms with Crippen LogP contribution in [-0.2, 0) is 19.4 Å². The molecule has 1 amide bonds. The number of aliphatic carboxylic acids is 1. The molecule has 0 aromatic heterocycles. The highest BCUT2D eigenvalue weighted by Gasteiger charge is 2.34. The smallest absolute Gasteiger partial charge is 0.306 e. The van der Waals surface area contributed by atoms with Gasteiger partial charge in [-0.25, -0.2) is 8.42 Å². The highest BCUT2D eigenvalue weighted by atomic mass is 32.2.